The number of aromatic amines is 1. The molecule has 11 nitrogen and oxygen atoms in total. The van der Waals surface area contributed by atoms with Crippen molar-refractivity contribution in [2.24, 2.45) is 0 Å². The van der Waals surface area contributed by atoms with E-state index in [4.69, 9.17) is 27.9 Å². The Hall–Kier alpha value is -3.38. The molecule has 1 N–H and O–H groups in total. The fourth-order valence-electron chi connectivity index (χ4n) is 6.70. The van der Waals surface area contributed by atoms with Gasteiger partial charge in [0.05, 0.1) is 16.1 Å². The van der Waals surface area contributed by atoms with Gasteiger partial charge in [-0.25, -0.2) is 14.3 Å². The smallest absolute Gasteiger partial charge is 0.410 e. The van der Waals surface area contributed by atoms with E-state index >= 15 is 0 Å². The van der Waals surface area contributed by atoms with Crippen molar-refractivity contribution in [2.45, 2.75) is 50.3 Å². The lowest BCUT2D eigenvalue weighted by molar-refractivity contribution is -0.142. The number of carbonyl (C=O) groups excluding carboxylic acids is 2. The minimum atomic E-state index is -0.995. The summed E-state index contributed by atoms with van der Waals surface area (Å²) in [5.74, 6) is 0.325. The number of likely N-dealkylation sites (N-methyl/N-ethyl adjacent to an activating group) is 1. The first kappa shape index (κ1) is 32.6. The summed E-state index contributed by atoms with van der Waals surface area (Å²) in [5, 5.41) is 5.34. The van der Waals surface area contributed by atoms with Gasteiger partial charge in [-0.05, 0) is 50.4 Å². The summed E-state index contributed by atoms with van der Waals surface area (Å²) in [5.41, 5.74) is 1.32. The molecular formula is C33H41Cl2N7O4. The number of piperazine rings is 1. The van der Waals surface area contributed by atoms with Gasteiger partial charge in [-0.2, -0.15) is 0 Å². The highest BCUT2D eigenvalue weighted by Crippen LogP contribution is 2.26. The SMILES string of the molecule is CN1CCN(C2CCN(C(=O)C(Cc3ccc(Cl)c(Cl)c3)OC(=O)N3CCC(n4nc(-c5ccccc5)[nH]c4=O)CC3)CC2)CC1. The first-order chi connectivity index (χ1) is 22.2. The maximum absolute atomic E-state index is 13.9. The van der Waals surface area contributed by atoms with Crippen LogP contribution in [0.5, 0.6) is 0 Å². The summed E-state index contributed by atoms with van der Waals surface area (Å²) in [6, 6.07) is 15.0. The first-order valence-corrected chi connectivity index (χ1v) is 16.9. The van der Waals surface area contributed by atoms with Gasteiger partial charge in [-0.15, -0.1) is 5.10 Å². The van der Waals surface area contributed by atoms with Gasteiger partial charge >= 0.3 is 11.8 Å². The Balaban J connectivity index is 1.09. The number of halogens is 2. The maximum atomic E-state index is 13.9. The molecule has 3 aromatic rings. The van der Waals surface area contributed by atoms with E-state index in [0.29, 0.717) is 60.9 Å². The summed E-state index contributed by atoms with van der Waals surface area (Å²) in [6.07, 6.45) is 1.54. The number of benzene rings is 2. The molecule has 1 atom stereocenters. The zero-order valence-electron chi connectivity index (χ0n) is 26.1. The standard InChI is InChI=1S/C33H41Cl2N7O4/c1-38-17-19-39(20-18-38)25-9-13-40(14-10-25)31(43)29(22-23-7-8-27(34)28(35)21-23)46-33(45)41-15-11-26(12-16-41)42-32(44)36-30(37-42)24-5-3-2-4-6-24/h2-8,21,25-26,29H,9-20,22H2,1H3,(H,36,37,44). The van der Waals surface area contributed by atoms with Gasteiger partial charge in [0.2, 0.25) is 0 Å². The number of nitrogens with one attached hydrogen (secondary N) is 1. The van der Waals surface area contributed by atoms with Crippen LogP contribution < -0.4 is 5.69 Å². The molecule has 13 heteroatoms. The van der Waals surface area contributed by atoms with E-state index in [1.54, 1.807) is 23.1 Å². The normalized spacial score (nSPS) is 19.7. The average molecular weight is 671 g/mol. The second kappa shape index (κ2) is 14.6. The molecule has 0 spiro atoms. The number of hydrogen-bond donors (Lipinski definition) is 1. The molecule has 4 heterocycles. The van der Waals surface area contributed by atoms with Crippen LogP contribution in [0, 0.1) is 0 Å². The van der Waals surface area contributed by atoms with E-state index in [1.807, 2.05) is 35.2 Å². The molecular weight excluding hydrogens is 629 g/mol. The average Bonchev–Trinajstić information content (AvgIpc) is 3.48. The van der Waals surface area contributed by atoms with Gasteiger partial charge < -0.3 is 19.4 Å². The van der Waals surface area contributed by atoms with Crippen molar-refractivity contribution in [3.05, 3.63) is 74.6 Å². The van der Waals surface area contributed by atoms with Crippen LogP contribution in [-0.2, 0) is 16.0 Å². The van der Waals surface area contributed by atoms with Crippen molar-refractivity contribution >= 4 is 35.2 Å². The molecule has 46 heavy (non-hydrogen) atoms. The molecule has 0 aliphatic carbocycles. The Morgan fingerprint density at radius 1 is 0.870 bits per heavy atom. The number of hydrogen-bond acceptors (Lipinski definition) is 7. The van der Waals surface area contributed by atoms with Crippen molar-refractivity contribution in [1.29, 1.82) is 0 Å². The highest BCUT2D eigenvalue weighted by atomic mass is 35.5. The zero-order valence-corrected chi connectivity index (χ0v) is 27.6. The Labute approximate surface area is 279 Å². The molecule has 2 amide bonds. The molecule has 6 rings (SSSR count). The molecule has 0 radical (unpaired) electrons. The summed E-state index contributed by atoms with van der Waals surface area (Å²) in [4.78, 5) is 51.3. The molecule has 2 aromatic carbocycles. The quantitative estimate of drug-likeness (QED) is 0.403. The van der Waals surface area contributed by atoms with Crippen molar-refractivity contribution in [3.8, 4) is 11.4 Å². The van der Waals surface area contributed by atoms with E-state index in [2.05, 4.69) is 26.9 Å². The van der Waals surface area contributed by atoms with Crippen LogP contribution in [0.4, 0.5) is 4.79 Å². The van der Waals surface area contributed by atoms with Crippen molar-refractivity contribution in [3.63, 3.8) is 0 Å². The van der Waals surface area contributed by atoms with Crippen molar-refractivity contribution < 1.29 is 14.3 Å². The first-order valence-electron chi connectivity index (χ1n) is 16.1. The number of aromatic nitrogens is 3. The summed E-state index contributed by atoms with van der Waals surface area (Å²) >= 11 is 12.4. The van der Waals surface area contributed by atoms with Crippen molar-refractivity contribution in [2.75, 3.05) is 59.4 Å². The van der Waals surface area contributed by atoms with E-state index in [1.165, 1.54) is 4.68 Å². The van der Waals surface area contributed by atoms with Crippen LogP contribution in [0.3, 0.4) is 0 Å². The highest BCUT2D eigenvalue weighted by molar-refractivity contribution is 6.42. The highest BCUT2D eigenvalue weighted by Gasteiger charge is 2.35. The Morgan fingerprint density at radius 3 is 2.20 bits per heavy atom. The van der Waals surface area contributed by atoms with E-state index < -0.39 is 12.2 Å². The third-order valence-electron chi connectivity index (χ3n) is 9.51. The molecule has 0 bridgehead atoms. The molecule has 3 saturated heterocycles. The topological polar surface area (TPSA) is 107 Å². The van der Waals surface area contributed by atoms with Crippen molar-refractivity contribution in [1.82, 2.24) is 34.4 Å². The van der Waals surface area contributed by atoms with Crippen LogP contribution in [0.2, 0.25) is 10.0 Å². The van der Waals surface area contributed by atoms with Crippen LogP contribution in [-0.4, -0.2) is 118 Å². The third-order valence-corrected chi connectivity index (χ3v) is 10.3. The number of carbonyl (C=O) groups is 2. The Bertz CT molecular complexity index is 1560. The number of nitrogens with zero attached hydrogens (tertiary/aromatic N) is 6. The Morgan fingerprint density at radius 2 is 1.52 bits per heavy atom. The van der Waals surface area contributed by atoms with Crippen LogP contribution in [0.25, 0.3) is 11.4 Å². The van der Waals surface area contributed by atoms with Crippen LogP contribution in [0.15, 0.2) is 53.3 Å². The summed E-state index contributed by atoms with van der Waals surface area (Å²) in [6.45, 7) is 6.23. The summed E-state index contributed by atoms with van der Waals surface area (Å²) < 4.78 is 7.45. The number of amides is 2. The number of rotatable bonds is 7. The third kappa shape index (κ3) is 7.60. The van der Waals surface area contributed by atoms with Gasteiger partial charge in [0, 0.05) is 70.4 Å². The van der Waals surface area contributed by atoms with E-state index in [-0.39, 0.29) is 24.1 Å². The second-order valence-electron chi connectivity index (χ2n) is 12.5. The molecule has 3 fully saturated rings. The van der Waals surface area contributed by atoms with Gasteiger partial charge in [-0.1, -0.05) is 59.6 Å². The number of ether oxygens (including phenoxy) is 1. The van der Waals surface area contributed by atoms with Gasteiger partial charge in [-0.3, -0.25) is 14.7 Å². The van der Waals surface area contributed by atoms with Gasteiger partial charge in [0.1, 0.15) is 0 Å². The lowest BCUT2D eigenvalue weighted by Crippen LogP contribution is -2.54. The monoisotopic (exact) mass is 669 g/mol. The maximum Gasteiger partial charge on any atom is 0.410 e. The molecule has 246 valence electrons. The minimum Gasteiger partial charge on any atom is -0.436 e. The molecule has 1 unspecified atom stereocenters. The number of H-pyrrole nitrogens is 1. The second-order valence-corrected chi connectivity index (χ2v) is 13.3. The number of likely N-dealkylation sites (tertiary alicyclic amines) is 2. The molecule has 3 aliphatic heterocycles. The number of piperidine rings is 2. The van der Waals surface area contributed by atoms with E-state index in [0.717, 1.165) is 50.1 Å². The van der Waals surface area contributed by atoms with E-state index in [9.17, 15) is 14.4 Å². The largest absolute Gasteiger partial charge is 0.436 e. The fraction of sp³-hybridized carbons (Fsp3) is 0.515. The minimum absolute atomic E-state index is 0.152. The predicted molar refractivity (Wildman–Crippen MR) is 177 cm³/mol. The van der Waals surface area contributed by atoms with Gasteiger partial charge in [0.25, 0.3) is 5.91 Å². The molecule has 1 aromatic heterocycles. The van der Waals surface area contributed by atoms with Crippen LogP contribution >= 0.6 is 23.2 Å². The predicted octanol–water partition coefficient (Wildman–Crippen LogP) is 4.17. The molecule has 3 aliphatic rings. The molecule has 0 saturated carbocycles. The lowest BCUT2D eigenvalue weighted by Gasteiger charge is -2.42. The zero-order chi connectivity index (χ0) is 32.2. The Kier molecular flexibility index (Phi) is 10.3. The fourth-order valence-corrected chi connectivity index (χ4v) is 7.02. The summed E-state index contributed by atoms with van der Waals surface area (Å²) in [7, 11) is 2.15. The van der Waals surface area contributed by atoms with Crippen LogP contribution in [0.1, 0.15) is 37.3 Å². The lowest BCUT2D eigenvalue weighted by atomic mass is 10.0. The van der Waals surface area contributed by atoms with Gasteiger partial charge in [0.15, 0.2) is 11.9 Å².